The van der Waals surface area contributed by atoms with Crippen molar-refractivity contribution in [2.45, 2.75) is 13.0 Å². The van der Waals surface area contributed by atoms with Crippen molar-refractivity contribution in [1.82, 2.24) is 9.97 Å². The van der Waals surface area contributed by atoms with Crippen LogP contribution in [0, 0.1) is 0 Å². The van der Waals surface area contributed by atoms with Crippen LogP contribution in [0.15, 0.2) is 187 Å². The van der Waals surface area contributed by atoms with Gasteiger partial charge in [-0.05, 0) is 46.9 Å². The van der Waals surface area contributed by atoms with E-state index in [0.717, 1.165) is 61.6 Å². The molecule has 1 heterocycles. The second-order valence-electron chi connectivity index (χ2n) is 11.9. The van der Waals surface area contributed by atoms with Crippen LogP contribution in [0.1, 0.15) is 29.7 Å². The van der Waals surface area contributed by atoms with Crippen molar-refractivity contribution in [1.29, 1.82) is 0 Å². The van der Waals surface area contributed by atoms with Crippen LogP contribution in [-0.4, -0.2) is 15.7 Å². The maximum Gasteiger partial charge on any atom is 0.160 e. The third-order valence-electron chi connectivity index (χ3n) is 8.54. The van der Waals surface area contributed by atoms with Crippen molar-refractivity contribution in [2.24, 2.45) is 10.7 Å². The zero-order valence-electron chi connectivity index (χ0n) is 27.3. The van der Waals surface area contributed by atoms with Gasteiger partial charge in [0.05, 0.1) is 23.1 Å². The van der Waals surface area contributed by atoms with Crippen molar-refractivity contribution >= 4 is 11.4 Å². The van der Waals surface area contributed by atoms with E-state index in [1.54, 1.807) is 0 Å². The second-order valence-corrected chi connectivity index (χ2v) is 11.9. The van der Waals surface area contributed by atoms with Crippen LogP contribution in [0.5, 0.6) is 0 Å². The number of benzene rings is 6. The van der Waals surface area contributed by atoms with Gasteiger partial charge in [-0.15, -0.1) is 0 Å². The van der Waals surface area contributed by atoms with E-state index in [0.29, 0.717) is 11.5 Å². The highest BCUT2D eigenvalue weighted by molar-refractivity contribution is 6.12. The van der Waals surface area contributed by atoms with E-state index in [1.807, 2.05) is 103 Å². The zero-order chi connectivity index (χ0) is 33.4. The van der Waals surface area contributed by atoms with E-state index in [1.165, 1.54) is 0 Å². The molecule has 0 spiro atoms. The topological polar surface area (TPSA) is 64.2 Å². The lowest BCUT2D eigenvalue weighted by Crippen LogP contribution is -2.05. The number of rotatable bonds is 9. The molecule has 0 fully saturated rings. The summed E-state index contributed by atoms with van der Waals surface area (Å²) in [6.45, 7) is 2.12. The maximum atomic E-state index is 6.52. The van der Waals surface area contributed by atoms with Crippen LogP contribution in [0.4, 0.5) is 0 Å². The van der Waals surface area contributed by atoms with Gasteiger partial charge in [0.1, 0.15) is 0 Å². The molecule has 0 amide bonds. The van der Waals surface area contributed by atoms with Gasteiger partial charge in [0.15, 0.2) is 5.82 Å². The number of hydrogen-bond acceptors (Lipinski definition) is 4. The Balaban J connectivity index is 1.15. The molecule has 0 saturated carbocycles. The fraction of sp³-hybridized carbons (Fsp3) is 0.0444. The molecule has 0 bridgehead atoms. The largest absolute Gasteiger partial charge is 0.398 e. The number of allylic oxidation sites excluding steroid dienone is 1. The van der Waals surface area contributed by atoms with Crippen molar-refractivity contribution in [3.63, 3.8) is 0 Å². The Kier molecular flexibility index (Phi) is 9.29. The summed E-state index contributed by atoms with van der Waals surface area (Å²) in [5, 5.41) is 0. The average Bonchev–Trinajstić information content (AvgIpc) is 3.19. The minimum Gasteiger partial charge on any atom is -0.398 e. The Labute approximate surface area is 288 Å². The van der Waals surface area contributed by atoms with Crippen LogP contribution in [0.2, 0.25) is 0 Å². The van der Waals surface area contributed by atoms with Crippen LogP contribution in [-0.2, 0) is 0 Å². The number of aromatic nitrogens is 2. The molecular formula is C45H36N4. The molecule has 0 saturated heterocycles. The molecule has 1 aromatic heterocycles. The standard InChI is InChI=1S/C45H36N4/c1-32(47-42(37-16-8-3-9-17-37)30-41(46)36-14-6-2-7-15-36)33-22-24-34(25-23-33)35-26-28-39(29-27-35)44-31-43(38-18-10-4-11-19-38)48-45(49-44)40-20-12-5-13-21-40/h2-32H,46H2,1H3/b41-30-,47-42?. The van der Waals surface area contributed by atoms with E-state index in [2.05, 4.69) is 85.8 Å². The Hall–Kier alpha value is -6.39. The number of nitrogens with two attached hydrogens (primary N) is 1. The molecule has 236 valence electrons. The molecule has 6 aromatic carbocycles. The first-order valence-corrected chi connectivity index (χ1v) is 16.5. The van der Waals surface area contributed by atoms with Gasteiger partial charge >= 0.3 is 0 Å². The highest BCUT2D eigenvalue weighted by Gasteiger charge is 2.12. The third-order valence-corrected chi connectivity index (χ3v) is 8.54. The quantitative estimate of drug-likeness (QED) is 0.161. The molecule has 0 aliphatic rings. The van der Waals surface area contributed by atoms with E-state index in [9.17, 15) is 0 Å². The zero-order valence-corrected chi connectivity index (χ0v) is 27.3. The smallest absolute Gasteiger partial charge is 0.160 e. The second kappa shape index (κ2) is 14.6. The lowest BCUT2D eigenvalue weighted by molar-refractivity contribution is 0.822. The molecule has 7 aromatic rings. The molecule has 4 heteroatoms. The van der Waals surface area contributed by atoms with Crippen LogP contribution >= 0.6 is 0 Å². The van der Waals surface area contributed by atoms with Gasteiger partial charge in [0, 0.05) is 22.4 Å². The van der Waals surface area contributed by atoms with Gasteiger partial charge in [-0.1, -0.05) is 170 Å². The normalized spacial score (nSPS) is 12.4. The maximum absolute atomic E-state index is 6.52. The molecule has 0 aliphatic carbocycles. The molecule has 49 heavy (non-hydrogen) atoms. The lowest BCUT2D eigenvalue weighted by Gasteiger charge is -2.12. The third kappa shape index (κ3) is 7.45. The Morgan fingerprint density at radius 3 is 1.49 bits per heavy atom. The lowest BCUT2D eigenvalue weighted by atomic mass is 9.99. The van der Waals surface area contributed by atoms with E-state index in [4.69, 9.17) is 20.7 Å². The van der Waals surface area contributed by atoms with Crippen LogP contribution in [0.25, 0.3) is 50.7 Å². The Bertz CT molecular complexity index is 2130. The highest BCUT2D eigenvalue weighted by Crippen LogP contribution is 2.30. The fourth-order valence-corrected chi connectivity index (χ4v) is 5.80. The summed E-state index contributed by atoms with van der Waals surface area (Å²) >= 11 is 0. The molecule has 1 atom stereocenters. The summed E-state index contributed by atoms with van der Waals surface area (Å²) in [4.78, 5) is 15.0. The molecular weight excluding hydrogens is 597 g/mol. The van der Waals surface area contributed by atoms with Crippen LogP contribution in [0.3, 0.4) is 0 Å². The SMILES string of the molecule is CC(N=C(/C=C(\N)c1ccccc1)c1ccccc1)c1ccc(-c2ccc(-c3cc(-c4ccccc4)nc(-c4ccccc4)n3)cc2)cc1. The molecule has 7 rings (SSSR count). The van der Waals surface area contributed by atoms with Crippen molar-refractivity contribution in [3.8, 4) is 45.0 Å². The average molecular weight is 633 g/mol. The van der Waals surface area contributed by atoms with Gasteiger partial charge in [-0.2, -0.15) is 0 Å². The summed E-state index contributed by atoms with van der Waals surface area (Å²) in [5.41, 5.74) is 18.3. The van der Waals surface area contributed by atoms with E-state index in [-0.39, 0.29) is 6.04 Å². The summed E-state index contributed by atoms with van der Waals surface area (Å²) in [7, 11) is 0. The first-order valence-electron chi connectivity index (χ1n) is 16.5. The molecule has 1 unspecified atom stereocenters. The fourth-order valence-electron chi connectivity index (χ4n) is 5.80. The van der Waals surface area contributed by atoms with E-state index < -0.39 is 0 Å². The summed E-state index contributed by atoms with van der Waals surface area (Å²) in [6.07, 6.45) is 1.97. The molecule has 0 aliphatic heterocycles. The predicted octanol–water partition coefficient (Wildman–Crippen LogP) is 10.7. The number of nitrogens with zero attached hydrogens (tertiary/aromatic N) is 3. The van der Waals surface area contributed by atoms with E-state index >= 15 is 0 Å². The number of hydrogen-bond donors (Lipinski definition) is 1. The van der Waals surface area contributed by atoms with Gasteiger partial charge in [-0.25, -0.2) is 9.97 Å². The predicted molar refractivity (Wildman–Crippen MR) is 204 cm³/mol. The van der Waals surface area contributed by atoms with Crippen molar-refractivity contribution < 1.29 is 0 Å². The first-order chi connectivity index (χ1) is 24.1. The van der Waals surface area contributed by atoms with Crippen molar-refractivity contribution in [2.75, 3.05) is 0 Å². The van der Waals surface area contributed by atoms with Gasteiger partial charge in [-0.3, -0.25) is 4.99 Å². The van der Waals surface area contributed by atoms with Crippen molar-refractivity contribution in [3.05, 3.63) is 199 Å². The monoisotopic (exact) mass is 632 g/mol. The van der Waals surface area contributed by atoms with Gasteiger partial charge in [0.2, 0.25) is 0 Å². The summed E-state index contributed by atoms with van der Waals surface area (Å²) in [6, 6.07) is 59.8. The Morgan fingerprint density at radius 2 is 0.939 bits per heavy atom. The first kappa shape index (κ1) is 31.2. The summed E-state index contributed by atoms with van der Waals surface area (Å²) in [5.74, 6) is 0.710. The molecule has 0 radical (unpaired) electrons. The highest BCUT2D eigenvalue weighted by atomic mass is 14.9. The minimum atomic E-state index is -0.0677. The summed E-state index contributed by atoms with van der Waals surface area (Å²) < 4.78 is 0. The van der Waals surface area contributed by atoms with Gasteiger partial charge < -0.3 is 5.73 Å². The van der Waals surface area contributed by atoms with Gasteiger partial charge in [0.25, 0.3) is 0 Å². The minimum absolute atomic E-state index is 0.0677. The molecule has 4 nitrogen and oxygen atoms in total. The van der Waals surface area contributed by atoms with Crippen LogP contribution < -0.4 is 5.73 Å². The Morgan fingerprint density at radius 1 is 0.510 bits per heavy atom. The molecule has 2 N–H and O–H groups in total. The number of aliphatic imine (C=N–C) groups is 1.